The minimum atomic E-state index is -0.0786. The lowest BCUT2D eigenvalue weighted by Gasteiger charge is -2.31. The molecule has 1 aromatic heterocycles. The highest BCUT2D eigenvalue weighted by Crippen LogP contribution is 2.23. The number of hydrogen-bond donors (Lipinski definition) is 0. The maximum Gasteiger partial charge on any atom is 0.263 e. The Morgan fingerprint density at radius 2 is 1.90 bits per heavy atom. The molecule has 0 aliphatic carbocycles. The summed E-state index contributed by atoms with van der Waals surface area (Å²) < 4.78 is 0. The van der Waals surface area contributed by atoms with Crippen LogP contribution in [0.5, 0.6) is 0 Å². The summed E-state index contributed by atoms with van der Waals surface area (Å²) in [5.74, 6) is 0.125. The molecule has 3 rings (SSSR count). The third-order valence-corrected chi connectivity index (χ3v) is 4.73. The Morgan fingerprint density at radius 1 is 1.10 bits per heavy atom. The Balaban J connectivity index is 1.71. The summed E-state index contributed by atoms with van der Waals surface area (Å²) in [5, 5.41) is 1.91. The molecule has 2 heterocycles. The third kappa shape index (κ3) is 3.05. The van der Waals surface area contributed by atoms with Crippen LogP contribution in [0, 0.1) is 5.92 Å². The average Bonchev–Trinajstić information content (AvgIpc) is 3.09. The minimum Gasteiger partial charge on any atom is -0.337 e. The van der Waals surface area contributed by atoms with Crippen molar-refractivity contribution in [3.63, 3.8) is 0 Å². The molecule has 1 aliphatic rings. The van der Waals surface area contributed by atoms with Crippen LogP contribution in [0.4, 0.5) is 0 Å². The number of nitrogens with zero attached hydrogens (tertiary/aromatic N) is 1. The zero-order valence-electron chi connectivity index (χ0n) is 11.7. The van der Waals surface area contributed by atoms with Gasteiger partial charge in [-0.25, -0.2) is 0 Å². The lowest BCUT2D eigenvalue weighted by molar-refractivity contribution is 0.0641. The number of carbonyl (C=O) groups excluding carboxylic acids is 2. The Morgan fingerprint density at radius 3 is 2.62 bits per heavy atom. The highest BCUT2D eigenvalue weighted by Gasteiger charge is 2.29. The first kappa shape index (κ1) is 14.0. The van der Waals surface area contributed by atoms with Crippen LogP contribution in [-0.4, -0.2) is 29.7 Å². The fourth-order valence-corrected chi connectivity index (χ4v) is 3.46. The largest absolute Gasteiger partial charge is 0.337 e. The van der Waals surface area contributed by atoms with E-state index in [0.29, 0.717) is 6.54 Å². The van der Waals surface area contributed by atoms with E-state index in [0.717, 1.165) is 29.8 Å². The Kier molecular flexibility index (Phi) is 4.15. The molecular formula is C17H17NO2S. The second-order valence-corrected chi connectivity index (χ2v) is 6.25. The number of amides is 1. The van der Waals surface area contributed by atoms with Crippen molar-refractivity contribution in [3.8, 4) is 0 Å². The molecule has 1 unspecified atom stereocenters. The van der Waals surface area contributed by atoms with E-state index in [9.17, 15) is 9.59 Å². The summed E-state index contributed by atoms with van der Waals surface area (Å²) in [4.78, 5) is 27.5. The smallest absolute Gasteiger partial charge is 0.263 e. The van der Waals surface area contributed by atoms with Gasteiger partial charge in [0.2, 0.25) is 0 Å². The average molecular weight is 299 g/mol. The predicted octanol–water partition coefficient (Wildman–Crippen LogP) is 3.48. The van der Waals surface area contributed by atoms with Gasteiger partial charge in [0.25, 0.3) is 5.91 Å². The summed E-state index contributed by atoms with van der Waals surface area (Å²) in [6, 6.07) is 13.1. The molecule has 1 atom stereocenters. The van der Waals surface area contributed by atoms with E-state index in [1.54, 1.807) is 0 Å². The maximum atomic E-state index is 12.5. The quantitative estimate of drug-likeness (QED) is 0.814. The molecule has 0 spiro atoms. The molecule has 3 nitrogen and oxygen atoms in total. The van der Waals surface area contributed by atoms with Crippen molar-refractivity contribution in [1.82, 2.24) is 4.90 Å². The number of thiophene rings is 1. The maximum absolute atomic E-state index is 12.5. The van der Waals surface area contributed by atoms with Crippen LogP contribution in [0.2, 0.25) is 0 Å². The Labute approximate surface area is 128 Å². The number of carbonyl (C=O) groups is 2. The standard InChI is InChI=1S/C17H17NO2S/c19-16(13-6-2-1-3-7-13)14-8-4-10-18(12-14)17(20)15-9-5-11-21-15/h1-3,5-7,9,11,14H,4,8,10,12H2. The van der Waals surface area contributed by atoms with Crippen LogP contribution < -0.4 is 0 Å². The van der Waals surface area contributed by atoms with Crippen molar-refractivity contribution in [2.45, 2.75) is 12.8 Å². The molecule has 1 amide bonds. The van der Waals surface area contributed by atoms with Crippen LogP contribution >= 0.6 is 11.3 Å². The summed E-state index contributed by atoms with van der Waals surface area (Å²) in [6.07, 6.45) is 1.75. The van der Waals surface area contributed by atoms with Gasteiger partial charge in [-0.1, -0.05) is 36.4 Å². The predicted molar refractivity (Wildman–Crippen MR) is 83.7 cm³/mol. The van der Waals surface area contributed by atoms with E-state index in [-0.39, 0.29) is 17.6 Å². The van der Waals surface area contributed by atoms with Gasteiger partial charge in [0.15, 0.2) is 5.78 Å². The van der Waals surface area contributed by atoms with E-state index in [1.165, 1.54) is 11.3 Å². The van der Waals surface area contributed by atoms with Gasteiger partial charge >= 0.3 is 0 Å². The fourth-order valence-electron chi connectivity index (χ4n) is 2.77. The molecule has 1 aromatic carbocycles. The topological polar surface area (TPSA) is 37.4 Å². The van der Waals surface area contributed by atoms with Crippen LogP contribution in [-0.2, 0) is 0 Å². The van der Waals surface area contributed by atoms with E-state index in [1.807, 2.05) is 52.7 Å². The van der Waals surface area contributed by atoms with Crippen molar-refractivity contribution >= 4 is 23.0 Å². The summed E-state index contributed by atoms with van der Waals surface area (Å²) in [7, 11) is 0. The monoisotopic (exact) mass is 299 g/mol. The number of rotatable bonds is 3. The molecule has 0 bridgehead atoms. The SMILES string of the molecule is O=C(c1ccccc1)C1CCCN(C(=O)c2cccs2)C1. The van der Waals surface area contributed by atoms with E-state index in [4.69, 9.17) is 0 Å². The zero-order chi connectivity index (χ0) is 14.7. The van der Waals surface area contributed by atoms with Crippen LogP contribution in [0.3, 0.4) is 0 Å². The lowest BCUT2D eigenvalue weighted by atomic mass is 9.90. The van der Waals surface area contributed by atoms with E-state index < -0.39 is 0 Å². The van der Waals surface area contributed by atoms with Gasteiger partial charge in [0, 0.05) is 24.6 Å². The normalized spacial score (nSPS) is 18.5. The number of ketones is 1. The molecule has 2 aromatic rings. The van der Waals surface area contributed by atoms with E-state index in [2.05, 4.69) is 0 Å². The minimum absolute atomic E-state index is 0.0514. The number of Topliss-reactive ketones (excluding diaryl/α,β-unsaturated/α-hetero) is 1. The van der Waals surface area contributed by atoms with E-state index >= 15 is 0 Å². The molecule has 21 heavy (non-hydrogen) atoms. The third-order valence-electron chi connectivity index (χ3n) is 3.87. The number of benzene rings is 1. The molecule has 0 radical (unpaired) electrons. The number of hydrogen-bond acceptors (Lipinski definition) is 3. The van der Waals surface area contributed by atoms with Gasteiger partial charge < -0.3 is 4.90 Å². The molecular weight excluding hydrogens is 282 g/mol. The van der Waals surface area contributed by atoms with Gasteiger partial charge in [-0.15, -0.1) is 11.3 Å². The van der Waals surface area contributed by atoms with Crippen molar-refractivity contribution in [3.05, 3.63) is 58.3 Å². The summed E-state index contributed by atoms with van der Waals surface area (Å²) in [5.41, 5.74) is 0.743. The second kappa shape index (κ2) is 6.22. The molecule has 4 heteroatoms. The summed E-state index contributed by atoms with van der Waals surface area (Å²) >= 11 is 1.45. The molecule has 0 N–H and O–H groups in total. The fraction of sp³-hybridized carbons (Fsp3) is 0.294. The Bertz CT molecular complexity index is 622. The van der Waals surface area contributed by atoms with Crippen LogP contribution in [0.1, 0.15) is 32.9 Å². The summed E-state index contributed by atoms with van der Waals surface area (Å²) in [6.45, 7) is 1.28. The van der Waals surface area contributed by atoms with Crippen LogP contribution in [0.15, 0.2) is 47.8 Å². The highest BCUT2D eigenvalue weighted by molar-refractivity contribution is 7.12. The number of likely N-dealkylation sites (tertiary alicyclic amines) is 1. The first-order valence-electron chi connectivity index (χ1n) is 7.18. The highest BCUT2D eigenvalue weighted by atomic mass is 32.1. The van der Waals surface area contributed by atoms with Crippen molar-refractivity contribution < 1.29 is 9.59 Å². The molecule has 1 aliphatic heterocycles. The van der Waals surface area contributed by atoms with Gasteiger partial charge in [0.1, 0.15) is 0 Å². The lowest BCUT2D eigenvalue weighted by Crippen LogP contribution is -2.42. The first-order chi connectivity index (χ1) is 10.3. The van der Waals surface area contributed by atoms with Crippen LogP contribution in [0.25, 0.3) is 0 Å². The van der Waals surface area contributed by atoms with Gasteiger partial charge in [-0.05, 0) is 24.3 Å². The van der Waals surface area contributed by atoms with Gasteiger partial charge in [-0.3, -0.25) is 9.59 Å². The molecule has 1 saturated heterocycles. The zero-order valence-corrected chi connectivity index (χ0v) is 12.5. The second-order valence-electron chi connectivity index (χ2n) is 5.30. The van der Waals surface area contributed by atoms with Gasteiger partial charge in [0.05, 0.1) is 4.88 Å². The number of piperidine rings is 1. The first-order valence-corrected chi connectivity index (χ1v) is 8.05. The van der Waals surface area contributed by atoms with Crippen molar-refractivity contribution in [1.29, 1.82) is 0 Å². The van der Waals surface area contributed by atoms with Crippen molar-refractivity contribution in [2.75, 3.05) is 13.1 Å². The molecule has 0 saturated carbocycles. The molecule has 1 fully saturated rings. The molecule has 108 valence electrons. The van der Waals surface area contributed by atoms with Crippen molar-refractivity contribution in [2.24, 2.45) is 5.92 Å². The Hall–Kier alpha value is -1.94. The van der Waals surface area contributed by atoms with Gasteiger partial charge in [-0.2, -0.15) is 0 Å².